The highest BCUT2D eigenvalue weighted by Crippen LogP contribution is 2.15. The molecule has 1 saturated heterocycles. The fraction of sp³-hybridized carbons (Fsp3) is 0.391. The van der Waals surface area contributed by atoms with Crippen molar-refractivity contribution in [1.29, 1.82) is 0 Å². The van der Waals surface area contributed by atoms with Crippen LogP contribution in [0.1, 0.15) is 30.9 Å². The predicted molar refractivity (Wildman–Crippen MR) is 140 cm³/mol. The van der Waals surface area contributed by atoms with Crippen LogP contribution in [0.15, 0.2) is 53.5 Å². The van der Waals surface area contributed by atoms with E-state index in [4.69, 9.17) is 11.6 Å². The molecule has 1 aliphatic heterocycles. The number of guanidine groups is 1. The topological polar surface area (TPSA) is 68.8 Å². The van der Waals surface area contributed by atoms with Gasteiger partial charge in [0.15, 0.2) is 5.96 Å². The Balaban J connectivity index is 0.00000341. The number of amides is 2. The molecule has 0 aromatic heterocycles. The molecule has 0 unspecified atom stereocenters. The van der Waals surface area contributed by atoms with Crippen LogP contribution < -0.4 is 16.0 Å². The lowest BCUT2D eigenvalue weighted by Crippen LogP contribution is -2.38. The fourth-order valence-electron chi connectivity index (χ4n) is 3.36. The third-order valence-corrected chi connectivity index (χ3v) is 5.21. The van der Waals surface area contributed by atoms with Crippen molar-refractivity contribution in [1.82, 2.24) is 15.5 Å². The molecule has 3 N–H and O–H groups in total. The van der Waals surface area contributed by atoms with E-state index in [1.165, 1.54) is 5.56 Å². The number of likely N-dealkylation sites (tertiary alicyclic amines) is 1. The first-order valence-corrected chi connectivity index (χ1v) is 10.9. The molecule has 2 amide bonds. The maximum Gasteiger partial charge on any atom is 0.321 e. The normalized spacial score (nSPS) is 13.5. The van der Waals surface area contributed by atoms with Crippen LogP contribution in [0.25, 0.3) is 0 Å². The number of urea groups is 1. The number of benzene rings is 2. The second-order valence-electron chi connectivity index (χ2n) is 7.32. The average molecular weight is 556 g/mol. The summed E-state index contributed by atoms with van der Waals surface area (Å²) in [6.45, 7) is 5.82. The summed E-state index contributed by atoms with van der Waals surface area (Å²) in [5, 5.41) is 10.4. The van der Waals surface area contributed by atoms with Gasteiger partial charge in [-0.15, -0.1) is 24.0 Å². The van der Waals surface area contributed by atoms with E-state index in [9.17, 15) is 4.79 Å². The zero-order valence-electron chi connectivity index (χ0n) is 17.9. The molecule has 1 heterocycles. The second kappa shape index (κ2) is 13.4. The molecule has 0 spiro atoms. The third kappa shape index (κ3) is 8.57. The summed E-state index contributed by atoms with van der Waals surface area (Å²) >= 11 is 5.94. The maximum atomic E-state index is 12.3. The highest BCUT2D eigenvalue weighted by molar-refractivity contribution is 14.0. The number of halogens is 2. The Morgan fingerprint density at radius 3 is 2.52 bits per heavy atom. The van der Waals surface area contributed by atoms with Gasteiger partial charge in [-0.2, -0.15) is 0 Å². The molecule has 0 aliphatic carbocycles. The highest BCUT2D eigenvalue weighted by Gasteiger charge is 2.17. The Morgan fingerprint density at radius 2 is 1.81 bits per heavy atom. The molecule has 6 nitrogen and oxygen atoms in total. The summed E-state index contributed by atoms with van der Waals surface area (Å²) in [5.41, 5.74) is 3.08. The van der Waals surface area contributed by atoms with Crippen molar-refractivity contribution in [2.45, 2.75) is 32.7 Å². The lowest BCUT2D eigenvalue weighted by atomic mass is 10.1. The van der Waals surface area contributed by atoms with Crippen LogP contribution in [0.3, 0.4) is 0 Å². The second-order valence-corrected chi connectivity index (χ2v) is 7.76. The van der Waals surface area contributed by atoms with E-state index in [1.807, 2.05) is 60.4 Å². The molecule has 2 aromatic rings. The van der Waals surface area contributed by atoms with Crippen molar-refractivity contribution in [3.05, 3.63) is 64.7 Å². The van der Waals surface area contributed by atoms with Crippen LogP contribution in [0.5, 0.6) is 0 Å². The summed E-state index contributed by atoms with van der Waals surface area (Å²) in [6, 6.07) is 15.7. The third-order valence-electron chi connectivity index (χ3n) is 4.95. The zero-order chi connectivity index (χ0) is 21.2. The number of carbonyl (C=O) groups is 1. The molecule has 168 valence electrons. The summed E-state index contributed by atoms with van der Waals surface area (Å²) < 4.78 is 0. The molecule has 3 rings (SSSR count). The summed E-state index contributed by atoms with van der Waals surface area (Å²) in [7, 11) is 0. The quantitative estimate of drug-likeness (QED) is 0.259. The van der Waals surface area contributed by atoms with Crippen LogP contribution in [0, 0.1) is 0 Å². The van der Waals surface area contributed by atoms with Crippen LogP contribution >= 0.6 is 35.6 Å². The SMILES string of the molecule is CCNC(=NCc1cccc(NC(=O)N2CCCC2)c1)NCCc1ccc(Cl)cc1.I. The average Bonchev–Trinajstić information content (AvgIpc) is 3.29. The van der Waals surface area contributed by atoms with Gasteiger partial charge in [-0.25, -0.2) is 9.79 Å². The molecular weight excluding hydrogens is 525 g/mol. The molecule has 2 aromatic carbocycles. The minimum absolute atomic E-state index is 0. The van der Waals surface area contributed by atoms with Crippen molar-refractivity contribution in [3.8, 4) is 0 Å². The van der Waals surface area contributed by atoms with Gasteiger partial charge in [-0.1, -0.05) is 35.9 Å². The molecule has 0 saturated carbocycles. The lowest BCUT2D eigenvalue weighted by Gasteiger charge is -2.16. The van der Waals surface area contributed by atoms with E-state index in [1.54, 1.807) is 0 Å². The first-order valence-electron chi connectivity index (χ1n) is 10.6. The number of rotatable bonds is 7. The number of hydrogen-bond acceptors (Lipinski definition) is 2. The van der Waals surface area contributed by atoms with E-state index in [-0.39, 0.29) is 30.0 Å². The van der Waals surface area contributed by atoms with Gasteiger partial charge in [0.05, 0.1) is 6.54 Å². The van der Waals surface area contributed by atoms with Gasteiger partial charge in [0, 0.05) is 36.9 Å². The first-order chi connectivity index (χ1) is 14.6. The van der Waals surface area contributed by atoms with Gasteiger partial charge in [0.25, 0.3) is 0 Å². The number of anilines is 1. The molecule has 8 heteroatoms. The zero-order valence-corrected chi connectivity index (χ0v) is 21.0. The predicted octanol–water partition coefficient (Wildman–Crippen LogP) is 4.88. The van der Waals surface area contributed by atoms with Gasteiger partial charge < -0.3 is 20.9 Å². The van der Waals surface area contributed by atoms with Crippen LogP contribution in [-0.2, 0) is 13.0 Å². The van der Waals surface area contributed by atoms with Gasteiger partial charge in [0.2, 0.25) is 0 Å². The molecule has 1 fully saturated rings. The molecule has 0 bridgehead atoms. The fourth-order valence-corrected chi connectivity index (χ4v) is 3.48. The van der Waals surface area contributed by atoms with Crippen molar-refractivity contribution < 1.29 is 4.79 Å². The van der Waals surface area contributed by atoms with Crippen molar-refractivity contribution in [2.24, 2.45) is 4.99 Å². The number of carbonyl (C=O) groups excluding carboxylic acids is 1. The largest absolute Gasteiger partial charge is 0.357 e. The monoisotopic (exact) mass is 555 g/mol. The van der Waals surface area contributed by atoms with Crippen LogP contribution in [0.2, 0.25) is 5.02 Å². The highest BCUT2D eigenvalue weighted by atomic mass is 127. The summed E-state index contributed by atoms with van der Waals surface area (Å²) in [5.74, 6) is 0.776. The van der Waals surface area contributed by atoms with Gasteiger partial charge in [0.1, 0.15) is 0 Å². The minimum Gasteiger partial charge on any atom is -0.357 e. The van der Waals surface area contributed by atoms with E-state index < -0.39 is 0 Å². The molecule has 31 heavy (non-hydrogen) atoms. The number of hydrogen-bond donors (Lipinski definition) is 3. The Hall–Kier alpha value is -2.00. The van der Waals surface area contributed by atoms with E-state index >= 15 is 0 Å². The number of nitrogens with zero attached hydrogens (tertiary/aromatic N) is 2. The minimum atomic E-state index is -0.0228. The van der Waals surface area contributed by atoms with Gasteiger partial charge in [-0.3, -0.25) is 0 Å². The molecular formula is C23H31ClIN5O. The summed E-state index contributed by atoms with van der Waals surface area (Å²) in [6.07, 6.45) is 3.06. The van der Waals surface area contributed by atoms with E-state index in [0.717, 1.165) is 67.7 Å². The lowest BCUT2D eigenvalue weighted by molar-refractivity contribution is 0.222. The molecule has 0 atom stereocenters. The molecule has 0 radical (unpaired) electrons. The van der Waals surface area contributed by atoms with Gasteiger partial charge >= 0.3 is 6.03 Å². The Bertz CT molecular complexity index is 853. The Labute approximate surface area is 206 Å². The van der Waals surface area contributed by atoms with Crippen molar-refractivity contribution in [3.63, 3.8) is 0 Å². The maximum absolute atomic E-state index is 12.3. The van der Waals surface area contributed by atoms with Crippen LogP contribution in [-0.4, -0.2) is 43.1 Å². The number of nitrogens with one attached hydrogen (secondary N) is 3. The van der Waals surface area contributed by atoms with Crippen molar-refractivity contribution in [2.75, 3.05) is 31.5 Å². The first kappa shape index (κ1) is 25.3. The standard InChI is InChI=1S/C23H30ClN5O.HI/c1-2-25-22(26-13-12-18-8-10-20(24)11-9-18)27-17-19-6-5-7-21(16-19)28-23(30)29-14-3-4-15-29;/h5-11,16H,2-4,12-15,17H2,1H3,(H,28,30)(H2,25,26,27);1H. The smallest absolute Gasteiger partial charge is 0.321 e. The van der Waals surface area contributed by atoms with Crippen LogP contribution in [0.4, 0.5) is 10.5 Å². The molecule has 1 aliphatic rings. The number of aliphatic imine (C=N–C) groups is 1. The van der Waals surface area contributed by atoms with E-state index in [0.29, 0.717) is 6.54 Å². The Morgan fingerprint density at radius 1 is 1.06 bits per heavy atom. The van der Waals surface area contributed by atoms with Crippen molar-refractivity contribution >= 4 is 53.3 Å². The van der Waals surface area contributed by atoms with Gasteiger partial charge in [-0.05, 0) is 61.6 Å². The van der Waals surface area contributed by atoms with E-state index in [2.05, 4.69) is 20.9 Å². The summed E-state index contributed by atoms with van der Waals surface area (Å²) in [4.78, 5) is 18.8. The Kier molecular flexibility index (Phi) is 10.9.